The Labute approximate surface area is 111 Å². The van der Waals surface area contributed by atoms with E-state index in [9.17, 15) is 0 Å². The predicted octanol–water partition coefficient (Wildman–Crippen LogP) is 3.45. The lowest BCUT2D eigenvalue weighted by molar-refractivity contribution is 0.0965. The maximum atomic E-state index is 6.01. The molecule has 1 saturated heterocycles. The predicted molar refractivity (Wildman–Crippen MR) is 72.4 cm³/mol. The molecule has 1 aliphatic carbocycles. The molecule has 0 N–H and O–H groups in total. The van der Waals surface area contributed by atoms with E-state index in [1.54, 1.807) is 0 Å². The third kappa shape index (κ3) is 3.02. The molecule has 0 aromatic heterocycles. The van der Waals surface area contributed by atoms with Crippen molar-refractivity contribution in [1.82, 2.24) is 4.90 Å². The van der Waals surface area contributed by atoms with Gasteiger partial charge in [0.2, 0.25) is 0 Å². The molecule has 0 spiro atoms. The quantitative estimate of drug-likeness (QED) is 0.847. The van der Waals surface area contributed by atoms with E-state index in [2.05, 4.69) is 20.8 Å². The molecule has 2 fully saturated rings. The SMILES string of the molecule is Brc1ccc(OC2CCN(C3CC3)CC2)cc1. The summed E-state index contributed by atoms with van der Waals surface area (Å²) in [4.78, 5) is 2.63. The first kappa shape index (κ1) is 11.5. The molecule has 1 aromatic rings. The summed E-state index contributed by atoms with van der Waals surface area (Å²) in [6.07, 6.45) is 5.58. The van der Waals surface area contributed by atoms with Crippen molar-refractivity contribution in [2.75, 3.05) is 13.1 Å². The highest BCUT2D eigenvalue weighted by Crippen LogP contribution is 2.30. The molecule has 0 unspecified atom stereocenters. The van der Waals surface area contributed by atoms with E-state index in [1.807, 2.05) is 24.3 Å². The Bertz CT molecular complexity index is 366. The van der Waals surface area contributed by atoms with Crippen LogP contribution < -0.4 is 4.74 Å². The number of benzene rings is 1. The number of ether oxygens (including phenoxy) is 1. The lowest BCUT2D eigenvalue weighted by Gasteiger charge is -2.32. The maximum Gasteiger partial charge on any atom is 0.119 e. The molecule has 1 aromatic carbocycles. The fraction of sp³-hybridized carbons (Fsp3) is 0.571. The van der Waals surface area contributed by atoms with Gasteiger partial charge in [-0.2, -0.15) is 0 Å². The van der Waals surface area contributed by atoms with Gasteiger partial charge in [-0.15, -0.1) is 0 Å². The van der Waals surface area contributed by atoms with E-state index >= 15 is 0 Å². The summed E-state index contributed by atoms with van der Waals surface area (Å²) in [6.45, 7) is 2.43. The molecule has 3 rings (SSSR count). The zero-order valence-electron chi connectivity index (χ0n) is 9.94. The van der Waals surface area contributed by atoms with E-state index < -0.39 is 0 Å². The second-order valence-corrected chi connectivity index (χ2v) is 5.95. The van der Waals surface area contributed by atoms with Gasteiger partial charge < -0.3 is 9.64 Å². The molecule has 1 aliphatic heterocycles. The van der Waals surface area contributed by atoms with Crippen LogP contribution >= 0.6 is 15.9 Å². The third-order valence-corrected chi connectivity index (χ3v) is 4.18. The lowest BCUT2D eigenvalue weighted by atomic mass is 10.1. The van der Waals surface area contributed by atoms with Gasteiger partial charge in [0.05, 0.1) is 0 Å². The van der Waals surface area contributed by atoms with Crippen molar-refractivity contribution in [3.8, 4) is 5.75 Å². The number of likely N-dealkylation sites (tertiary alicyclic amines) is 1. The minimum Gasteiger partial charge on any atom is -0.490 e. The Morgan fingerprint density at radius 3 is 2.24 bits per heavy atom. The molecule has 1 saturated carbocycles. The molecule has 0 amide bonds. The summed E-state index contributed by atoms with van der Waals surface area (Å²) in [5.74, 6) is 0.998. The summed E-state index contributed by atoms with van der Waals surface area (Å²) < 4.78 is 7.12. The van der Waals surface area contributed by atoms with Crippen molar-refractivity contribution in [3.63, 3.8) is 0 Å². The van der Waals surface area contributed by atoms with Gasteiger partial charge in [0, 0.05) is 23.6 Å². The van der Waals surface area contributed by atoms with Gasteiger partial charge in [-0.25, -0.2) is 0 Å². The second kappa shape index (κ2) is 4.99. The number of rotatable bonds is 3. The topological polar surface area (TPSA) is 12.5 Å². The van der Waals surface area contributed by atoms with E-state index in [0.29, 0.717) is 6.10 Å². The Morgan fingerprint density at radius 2 is 1.65 bits per heavy atom. The van der Waals surface area contributed by atoms with Gasteiger partial charge in [-0.1, -0.05) is 15.9 Å². The van der Waals surface area contributed by atoms with Gasteiger partial charge in [0.1, 0.15) is 11.9 Å². The molecule has 1 heterocycles. The average Bonchev–Trinajstić information content (AvgIpc) is 3.17. The highest BCUT2D eigenvalue weighted by molar-refractivity contribution is 9.10. The molecule has 0 atom stereocenters. The Balaban J connectivity index is 1.51. The van der Waals surface area contributed by atoms with Gasteiger partial charge in [0.25, 0.3) is 0 Å². The van der Waals surface area contributed by atoms with Crippen LogP contribution in [0, 0.1) is 0 Å². The monoisotopic (exact) mass is 295 g/mol. The average molecular weight is 296 g/mol. The standard InChI is InChI=1S/C14H18BrNO/c15-11-1-5-13(6-2-11)17-14-7-9-16(10-8-14)12-3-4-12/h1-2,5-6,12,14H,3-4,7-10H2. The maximum absolute atomic E-state index is 6.01. The van der Waals surface area contributed by atoms with Crippen molar-refractivity contribution >= 4 is 15.9 Å². The van der Waals surface area contributed by atoms with Crippen molar-refractivity contribution in [2.24, 2.45) is 0 Å². The number of hydrogen-bond donors (Lipinski definition) is 0. The summed E-state index contributed by atoms with van der Waals surface area (Å²) in [5, 5.41) is 0. The molecule has 0 radical (unpaired) electrons. The largest absolute Gasteiger partial charge is 0.490 e. The second-order valence-electron chi connectivity index (χ2n) is 5.04. The van der Waals surface area contributed by atoms with Crippen LogP contribution in [0.25, 0.3) is 0 Å². The molecule has 17 heavy (non-hydrogen) atoms. The lowest BCUT2D eigenvalue weighted by Crippen LogP contribution is -2.39. The van der Waals surface area contributed by atoms with Crippen LogP contribution in [0.5, 0.6) is 5.75 Å². The van der Waals surface area contributed by atoms with Gasteiger partial charge >= 0.3 is 0 Å². The van der Waals surface area contributed by atoms with Crippen LogP contribution in [0.15, 0.2) is 28.7 Å². The normalized spacial score (nSPS) is 22.6. The summed E-state index contributed by atoms with van der Waals surface area (Å²) in [5.41, 5.74) is 0. The molecule has 2 aliphatic rings. The van der Waals surface area contributed by atoms with Crippen LogP contribution in [0.2, 0.25) is 0 Å². The zero-order chi connectivity index (χ0) is 11.7. The molecule has 3 heteroatoms. The fourth-order valence-electron chi connectivity index (χ4n) is 2.50. The first-order valence-corrected chi connectivity index (χ1v) is 7.27. The van der Waals surface area contributed by atoms with E-state index in [-0.39, 0.29) is 0 Å². The van der Waals surface area contributed by atoms with Crippen LogP contribution in [0.3, 0.4) is 0 Å². The van der Waals surface area contributed by atoms with Gasteiger partial charge in [-0.05, 0) is 49.9 Å². The molecular formula is C14H18BrNO. The third-order valence-electron chi connectivity index (χ3n) is 3.66. The van der Waals surface area contributed by atoms with E-state index in [0.717, 1.165) is 16.3 Å². The molecular weight excluding hydrogens is 278 g/mol. The summed E-state index contributed by atoms with van der Waals surface area (Å²) in [7, 11) is 0. The molecule has 2 nitrogen and oxygen atoms in total. The number of hydrogen-bond acceptors (Lipinski definition) is 2. The fourth-order valence-corrected chi connectivity index (χ4v) is 2.77. The summed E-state index contributed by atoms with van der Waals surface area (Å²) in [6, 6.07) is 9.06. The minimum absolute atomic E-state index is 0.408. The molecule has 92 valence electrons. The first-order valence-electron chi connectivity index (χ1n) is 6.47. The van der Waals surface area contributed by atoms with Gasteiger partial charge in [-0.3, -0.25) is 0 Å². The zero-order valence-corrected chi connectivity index (χ0v) is 11.5. The highest BCUT2D eigenvalue weighted by Gasteiger charge is 2.32. The van der Waals surface area contributed by atoms with Gasteiger partial charge in [0.15, 0.2) is 0 Å². The number of halogens is 1. The van der Waals surface area contributed by atoms with Crippen LogP contribution in [-0.4, -0.2) is 30.1 Å². The van der Waals surface area contributed by atoms with Crippen LogP contribution in [-0.2, 0) is 0 Å². The summed E-state index contributed by atoms with van der Waals surface area (Å²) >= 11 is 3.44. The van der Waals surface area contributed by atoms with E-state index in [1.165, 1.54) is 38.8 Å². The van der Waals surface area contributed by atoms with Crippen molar-refractivity contribution in [3.05, 3.63) is 28.7 Å². The number of piperidine rings is 1. The van der Waals surface area contributed by atoms with Crippen LogP contribution in [0.1, 0.15) is 25.7 Å². The highest BCUT2D eigenvalue weighted by atomic mass is 79.9. The Hall–Kier alpha value is -0.540. The van der Waals surface area contributed by atoms with Crippen LogP contribution in [0.4, 0.5) is 0 Å². The number of nitrogens with zero attached hydrogens (tertiary/aromatic N) is 1. The Kier molecular flexibility index (Phi) is 3.39. The van der Waals surface area contributed by atoms with E-state index in [4.69, 9.17) is 4.74 Å². The first-order chi connectivity index (χ1) is 8.31. The van der Waals surface area contributed by atoms with Crippen molar-refractivity contribution in [1.29, 1.82) is 0 Å². The Morgan fingerprint density at radius 1 is 1.00 bits per heavy atom. The molecule has 0 bridgehead atoms. The minimum atomic E-state index is 0.408. The van der Waals surface area contributed by atoms with Crippen molar-refractivity contribution < 1.29 is 4.74 Å². The smallest absolute Gasteiger partial charge is 0.119 e. The van der Waals surface area contributed by atoms with Crippen molar-refractivity contribution in [2.45, 2.75) is 37.8 Å².